The van der Waals surface area contributed by atoms with Gasteiger partial charge in [0.05, 0.1) is 10.6 Å². The van der Waals surface area contributed by atoms with E-state index in [1.807, 2.05) is 17.5 Å². The molecular weight excluding hydrogens is 280 g/mol. The molecule has 2 aromatic heterocycles. The minimum atomic E-state index is 0.433. The molecule has 0 spiro atoms. The summed E-state index contributed by atoms with van der Waals surface area (Å²) in [6, 6.07) is 13.2. The zero-order valence-electron chi connectivity index (χ0n) is 11.6. The molecule has 21 heavy (non-hydrogen) atoms. The second kappa shape index (κ2) is 5.47. The average Bonchev–Trinajstić information content (AvgIpc) is 3.25. The molecule has 0 bridgehead atoms. The molecule has 0 fully saturated rings. The Morgan fingerprint density at radius 2 is 2.19 bits per heavy atom. The Morgan fingerprint density at radius 3 is 3.10 bits per heavy atom. The Balaban J connectivity index is 1.44. The molecule has 3 nitrogen and oxygen atoms in total. The van der Waals surface area contributed by atoms with Gasteiger partial charge in [-0.25, -0.2) is 4.98 Å². The van der Waals surface area contributed by atoms with Crippen LogP contribution in [0.25, 0.3) is 10.8 Å². The van der Waals surface area contributed by atoms with Crippen LogP contribution in [0.15, 0.2) is 52.5 Å². The van der Waals surface area contributed by atoms with Crippen LogP contribution in [0.2, 0.25) is 0 Å². The number of nitrogens with one attached hydrogen (secondary N) is 1. The standard InChI is InChI=1S/C17H16N2OS/c1-2-5-14-12(4-1)7-8-15(14)18-10-13-11-20-17(19-13)16-6-3-9-21-16/h1-6,9,11,15,18H,7-8,10H2. The van der Waals surface area contributed by atoms with Crippen molar-refractivity contribution in [3.8, 4) is 10.8 Å². The lowest BCUT2D eigenvalue weighted by Crippen LogP contribution is -2.18. The highest BCUT2D eigenvalue weighted by molar-refractivity contribution is 7.13. The predicted molar refractivity (Wildman–Crippen MR) is 84.2 cm³/mol. The quantitative estimate of drug-likeness (QED) is 0.785. The molecule has 0 radical (unpaired) electrons. The summed E-state index contributed by atoms with van der Waals surface area (Å²) < 4.78 is 5.55. The Kier molecular flexibility index (Phi) is 3.33. The molecule has 3 aromatic rings. The van der Waals surface area contributed by atoms with Crippen LogP contribution in [0.4, 0.5) is 0 Å². The van der Waals surface area contributed by atoms with Gasteiger partial charge in [0.25, 0.3) is 0 Å². The molecule has 1 aliphatic rings. The normalized spacial score (nSPS) is 17.0. The van der Waals surface area contributed by atoms with Crippen LogP contribution in [0, 0.1) is 0 Å². The smallest absolute Gasteiger partial charge is 0.236 e. The molecule has 106 valence electrons. The molecule has 4 heteroatoms. The summed E-state index contributed by atoms with van der Waals surface area (Å²) in [6.07, 6.45) is 4.07. The van der Waals surface area contributed by atoms with Crippen LogP contribution in [-0.4, -0.2) is 4.98 Å². The predicted octanol–water partition coefficient (Wildman–Crippen LogP) is 4.18. The third-order valence-electron chi connectivity index (χ3n) is 3.95. The lowest BCUT2D eigenvalue weighted by molar-refractivity contribution is 0.521. The summed E-state index contributed by atoms with van der Waals surface area (Å²) in [5.41, 5.74) is 3.86. The van der Waals surface area contributed by atoms with Crippen molar-refractivity contribution in [3.05, 3.63) is 64.9 Å². The van der Waals surface area contributed by atoms with Gasteiger partial charge in [0.2, 0.25) is 5.89 Å². The third-order valence-corrected chi connectivity index (χ3v) is 4.80. The highest BCUT2D eigenvalue weighted by Crippen LogP contribution is 2.31. The molecule has 0 saturated heterocycles. The largest absolute Gasteiger partial charge is 0.444 e. The molecule has 4 rings (SSSR count). The van der Waals surface area contributed by atoms with Gasteiger partial charge in [-0.1, -0.05) is 30.3 Å². The molecule has 1 N–H and O–H groups in total. The van der Waals surface area contributed by atoms with E-state index in [4.69, 9.17) is 4.42 Å². The van der Waals surface area contributed by atoms with Crippen LogP contribution in [0.3, 0.4) is 0 Å². The molecular formula is C17H16N2OS. The van der Waals surface area contributed by atoms with Gasteiger partial charge in [0.1, 0.15) is 6.26 Å². The Bertz CT molecular complexity index is 733. The van der Waals surface area contributed by atoms with Gasteiger partial charge in [-0.05, 0) is 35.4 Å². The summed E-state index contributed by atoms with van der Waals surface area (Å²) in [5.74, 6) is 0.716. The first-order valence-electron chi connectivity index (χ1n) is 7.19. The first-order valence-corrected chi connectivity index (χ1v) is 8.07. The minimum absolute atomic E-state index is 0.433. The molecule has 1 unspecified atom stereocenters. The topological polar surface area (TPSA) is 38.1 Å². The fourth-order valence-electron chi connectivity index (χ4n) is 2.90. The molecule has 1 aliphatic carbocycles. The van der Waals surface area contributed by atoms with Crippen molar-refractivity contribution in [2.45, 2.75) is 25.4 Å². The van der Waals surface area contributed by atoms with E-state index in [9.17, 15) is 0 Å². The minimum Gasteiger partial charge on any atom is -0.444 e. The monoisotopic (exact) mass is 296 g/mol. The second-order valence-electron chi connectivity index (χ2n) is 5.29. The SMILES string of the molecule is c1csc(-c2nc(CNC3CCc4ccccc43)co2)c1. The number of aryl methyl sites for hydroxylation is 1. The zero-order chi connectivity index (χ0) is 14.1. The first kappa shape index (κ1) is 12.8. The van der Waals surface area contributed by atoms with Gasteiger partial charge in [-0.2, -0.15) is 0 Å². The number of fused-ring (bicyclic) bond motifs is 1. The van der Waals surface area contributed by atoms with E-state index in [2.05, 4.69) is 34.6 Å². The first-order chi connectivity index (χ1) is 10.4. The number of hydrogen-bond acceptors (Lipinski definition) is 4. The molecule has 0 saturated carbocycles. The summed E-state index contributed by atoms with van der Waals surface area (Å²) in [5, 5.41) is 5.63. The summed E-state index contributed by atoms with van der Waals surface area (Å²) in [4.78, 5) is 5.63. The van der Waals surface area contributed by atoms with Crippen molar-refractivity contribution in [2.24, 2.45) is 0 Å². The van der Waals surface area contributed by atoms with E-state index in [1.165, 1.54) is 11.1 Å². The summed E-state index contributed by atoms with van der Waals surface area (Å²) in [7, 11) is 0. The fourth-order valence-corrected chi connectivity index (χ4v) is 3.55. The van der Waals surface area contributed by atoms with Crippen molar-refractivity contribution < 1.29 is 4.42 Å². The maximum absolute atomic E-state index is 5.55. The van der Waals surface area contributed by atoms with Crippen LogP contribution < -0.4 is 5.32 Å². The van der Waals surface area contributed by atoms with E-state index >= 15 is 0 Å². The van der Waals surface area contributed by atoms with Crippen molar-refractivity contribution in [3.63, 3.8) is 0 Å². The van der Waals surface area contributed by atoms with Crippen molar-refractivity contribution in [1.82, 2.24) is 10.3 Å². The van der Waals surface area contributed by atoms with E-state index in [-0.39, 0.29) is 0 Å². The van der Waals surface area contributed by atoms with E-state index in [0.717, 1.165) is 30.0 Å². The van der Waals surface area contributed by atoms with Gasteiger partial charge < -0.3 is 9.73 Å². The van der Waals surface area contributed by atoms with E-state index in [1.54, 1.807) is 17.6 Å². The number of aromatic nitrogens is 1. The number of nitrogens with zero attached hydrogens (tertiary/aromatic N) is 1. The third kappa shape index (κ3) is 2.52. The van der Waals surface area contributed by atoms with Crippen molar-refractivity contribution >= 4 is 11.3 Å². The highest BCUT2D eigenvalue weighted by Gasteiger charge is 2.21. The second-order valence-corrected chi connectivity index (χ2v) is 6.24. The molecule has 1 atom stereocenters. The van der Waals surface area contributed by atoms with Crippen LogP contribution in [0.5, 0.6) is 0 Å². The number of rotatable bonds is 4. The van der Waals surface area contributed by atoms with Crippen molar-refractivity contribution in [1.29, 1.82) is 0 Å². The van der Waals surface area contributed by atoms with Gasteiger partial charge in [-0.15, -0.1) is 11.3 Å². The van der Waals surface area contributed by atoms with Crippen molar-refractivity contribution in [2.75, 3.05) is 0 Å². The van der Waals surface area contributed by atoms with Crippen LogP contribution >= 0.6 is 11.3 Å². The number of oxazole rings is 1. The van der Waals surface area contributed by atoms with Gasteiger partial charge in [0.15, 0.2) is 0 Å². The maximum atomic E-state index is 5.55. The van der Waals surface area contributed by atoms with Gasteiger partial charge in [-0.3, -0.25) is 0 Å². The molecule has 0 amide bonds. The zero-order valence-corrected chi connectivity index (χ0v) is 12.4. The number of benzene rings is 1. The lowest BCUT2D eigenvalue weighted by atomic mass is 10.1. The number of thiophene rings is 1. The molecule has 0 aliphatic heterocycles. The molecule has 2 heterocycles. The van der Waals surface area contributed by atoms with Crippen LogP contribution in [0.1, 0.15) is 29.3 Å². The van der Waals surface area contributed by atoms with Gasteiger partial charge in [0, 0.05) is 12.6 Å². The summed E-state index contributed by atoms with van der Waals surface area (Å²) in [6.45, 7) is 0.744. The van der Waals surface area contributed by atoms with E-state index < -0.39 is 0 Å². The van der Waals surface area contributed by atoms with Gasteiger partial charge >= 0.3 is 0 Å². The average molecular weight is 296 g/mol. The summed E-state index contributed by atoms with van der Waals surface area (Å²) >= 11 is 1.65. The lowest BCUT2D eigenvalue weighted by Gasteiger charge is -2.12. The van der Waals surface area contributed by atoms with Crippen LogP contribution in [-0.2, 0) is 13.0 Å². The number of hydrogen-bond donors (Lipinski definition) is 1. The fraction of sp³-hybridized carbons (Fsp3) is 0.235. The Morgan fingerprint density at radius 1 is 1.24 bits per heavy atom. The Hall–Kier alpha value is -1.91. The van der Waals surface area contributed by atoms with E-state index in [0.29, 0.717) is 11.9 Å². The molecule has 1 aromatic carbocycles. The Labute approximate surface area is 127 Å². The highest BCUT2D eigenvalue weighted by atomic mass is 32.1. The maximum Gasteiger partial charge on any atom is 0.236 e.